The number of aliphatic hydroxyl groups is 1. The Kier molecular flexibility index (Phi) is 4.15. The van der Waals surface area contributed by atoms with Gasteiger partial charge in [0, 0.05) is 28.1 Å². The van der Waals surface area contributed by atoms with Gasteiger partial charge in [-0.3, -0.25) is 5.10 Å². The highest BCUT2D eigenvalue weighted by molar-refractivity contribution is 7.88. The Balaban J connectivity index is 1.62. The van der Waals surface area contributed by atoms with Gasteiger partial charge in [-0.05, 0) is 42.7 Å². The number of piperidine rings is 1. The van der Waals surface area contributed by atoms with Crippen molar-refractivity contribution in [3.8, 4) is 0 Å². The van der Waals surface area contributed by atoms with Crippen molar-refractivity contribution in [1.29, 1.82) is 0 Å². The van der Waals surface area contributed by atoms with Gasteiger partial charge in [0.05, 0.1) is 24.1 Å². The van der Waals surface area contributed by atoms with Gasteiger partial charge in [0.15, 0.2) is 0 Å². The molecule has 0 spiro atoms. The van der Waals surface area contributed by atoms with Crippen LogP contribution in [0.4, 0.5) is 0 Å². The summed E-state index contributed by atoms with van der Waals surface area (Å²) in [6.45, 7) is 4.11. The molecule has 3 heterocycles. The zero-order valence-corrected chi connectivity index (χ0v) is 16.7. The molecule has 8 heteroatoms. The number of H-pyrrole nitrogens is 1. The number of aromatic amines is 1. The first-order valence-corrected chi connectivity index (χ1v) is 11.1. The summed E-state index contributed by atoms with van der Waals surface area (Å²) in [5.74, 6) is 0.233. The standard InChI is InChI=1S/C18H24ClN3O3S/c1-18(2,11-5-13-8-14(6-11)22(13)26(3,24)25)17(23)15-7-12(19)4-10-9-20-21-16(10)15/h4,7,9,11,13-14,17,23H,5-6,8H2,1-3H3,(H,20,21). The zero-order valence-electron chi connectivity index (χ0n) is 15.1. The first-order valence-electron chi connectivity index (χ1n) is 8.88. The van der Waals surface area contributed by atoms with Crippen molar-refractivity contribution in [2.24, 2.45) is 11.3 Å². The average molecular weight is 398 g/mol. The van der Waals surface area contributed by atoms with Gasteiger partial charge in [0.1, 0.15) is 0 Å². The maximum atomic E-state index is 11.9. The lowest BCUT2D eigenvalue weighted by molar-refractivity contribution is -0.0685. The SMILES string of the molecule is CC(C)(C1CC2CC(C1)N2S(C)(=O)=O)C(O)c1cc(Cl)cc2cn[nH]c12. The summed E-state index contributed by atoms with van der Waals surface area (Å²) in [5.41, 5.74) is 1.13. The number of benzene rings is 1. The molecule has 26 heavy (non-hydrogen) atoms. The third kappa shape index (κ3) is 2.76. The summed E-state index contributed by atoms with van der Waals surface area (Å²) in [4.78, 5) is 0. The van der Waals surface area contributed by atoms with Crippen molar-refractivity contribution in [2.75, 3.05) is 6.26 Å². The summed E-state index contributed by atoms with van der Waals surface area (Å²) in [6.07, 6.45) is 4.74. The van der Waals surface area contributed by atoms with E-state index in [0.29, 0.717) is 5.02 Å². The largest absolute Gasteiger partial charge is 0.388 e. The van der Waals surface area contributed by atoms with Crippen LogP contribution < -0.4 is 0 Å². The highest BCUT2D eigenvalue weighted by Crippen LogP contribution is 2.53. The minimum Gasteiger partial charge on any atom is -0.388 e. The second-order valence-electron chi connectivity index (χ2n) is 8.36. The first-order chi connectivity index (χ1) is 12.1. The number of rotatable bonds is 4. The molecule has 0 radical (unpaired) electrons. The van der Waals surface area contributed by atoms with Crippen molar-refractivity contribution >= 4 is 32.5 Å². The monoisotopic (exact) mass is 397 g/mol. The molecule has 1 aromatic carbocycles. The number of hydrogen-bond acceptors (Lipinski definition) is 4. The molecular formula is C18H24ClN3O3S. The van der Waals surface area contributed by atoms with Crippen molar-refractivity contribution < 1.29 is 13.5 Å². The maximum Gasteiger partial charge on any atom is 0.211 e. The fraction of sp³-hybridized carbons (Fsp3) is 0.611. The van der Waals surface area contributed by atoms with E-state index in [1.807, 2.05) is 6.07 Å². The van der Waals surface area contributed by atoms with E-state index in [2.05, 4.69) is 24.0 Å². The third-order valence-electron chi connectivity index (χ3n) is 6.36. The second kappa shape index (κ2) is 5.92. The van der Waals surface area contributed by atoms with Crippen LogP contribution >= 0.6 is 11.6 Å². The Labute approximate surface area is 158 Å². The third-order valence-corrected chi connectivity index (χ3v) is 7.94. The molecule has 3 unspecified atom stereocenters. The van der Waals surface area contributed by atoms with Crippen LogP contribution in [0.5, 0.6) is 0 Å². The fourth-order valence-electron chi connectivity index (χ4n) is 4.87. The average Bonchev–Trinajstić information content (AvgIpc) is 2.99. The molecule has 2 N–H and O–H groups in total. The Morgan fingerprint density at radius 3 is 2.58 bits per heavy atom. The molecular weight excluding hydrogens is 374 g/mol. The van der Waals surface area contributed by atoms with Crippen LogP contribution in [-0.4, -0.2) is 46.4 Å². The fourth-order valence-corrected chi connectivity index (χ4v) is 6.53. The van der Waals surface area contributed by atoms with Crippen molar-refractivity contribution in [1.82, 2.24) is 14.5 Å². The molecule has 3 atom stereocenters. The number of hydrogen-bond donors (Lipinski definition) is 2. The smallest absolute Gasteiger partial charge is 0.211 e. The lowest BCUT2D eigenvalue weighted by Crippen LogP contribution is -2.64. The van der Waals surface area contributed by atoms with Crippen LogP contribution in [0, 0.1) is 11.3 Å². The lowest BCUT2D eigenvalue weighted by Gasteiger charge is -2.57. The predicted molar refractivity (Wildman–Crippen MR) is 101 cm³/mol. The molecule has 142 valence electrons. The van der Waals surface area contributed by atoms with E-state index in [0.717, 1.165) is 35.7 Å². The quantitative estimate of drug-likeness (QED) is 0.829. The molecule has 3 aliphatic rings. The van der Waals surface area contributed by atoms with Gasteiger partial charge in [-0.15, -0.1) is 0 Å². The molecule has 0 amide bonds. The Morgan fingerprint density at radius 2 is 1.96 bits per heavy atom. The topological polar surface area (TPSA) is 86.3 Å². The van der Waals surface area contributed by atoms with E-state index in [1.165, 1.54) is 6.26 Å². The van der Waals surface area contributed by atoms with E-state index in [-0.39, 0.29) is 18.0 Å². The van der Waals surface area contributed by atoms with Crippen molar-refractivity contribution in [3.63, 3.8) is 0 Å². The van der Waals surface area contributed by atoms with Crippen LogP contribution in [0.25, 0.3) is 10.9 Å². The molecule has 2 aliphatic heterocycles. The molecule has 1 aliphatic carbocycles. The van der Waals surface area contributed by atoms with Gasteiger partial charge in [-0.2, -0.15) is 9.40 Å². The number of nitrogens with zero attached hydrogens (tertiary/aromatic N) is 2. The highest BCUT2D eigenvalue weighted by Gasteiger charge is 2.53. The summed E-state index contributed by atoms with van der Waals surface area (Å²) in [6, 6.07) is 3.74. The summed E-state index contributed by atoms with van der Waals surface area (Å²) in [5, 5.41) is 19.7. The molecule has 1 saturated carbocycles. The Hall–Kier alpha value is -1.15. The molecule has 3 fully saturated rings. The number of nitrogens with one attached hydrogen (secondary N) is 1. The van der Waals surface area contributed by atoms with Crippen LogP contribution in [-0.2, 0) is 10.0 Å². The molecule has 2 bridgehead atoms. The second-order valence-corrected chi connectivity index (χ2v) is 10.7. The van der Waals surface area contributed by atoms with E-state index in [4.69, 9.17) is 11.6 Å². The van der Waals surface area contributed by atoms with E-state index in [1.54, 1.807) is 16.6 Å². The highest BCUT2D eigenvalue weighted by atomic mass is 35.5. The lowest BCUT2D eigenvalue weighted by atomic mass is 9.62. The van der Waals surface area contributed by atoms with Gasteiger partial charge in [0.2, 0.25) is 10.0 Å². The van der Waals surface area contributed by atoms with Gasteiger partial charge >= 0.3 is 0 Å². The Morgan fingerprint density at radius 1 is 1.31 bits per heavy atom. The molecule has 5 rings (SSSR count). The first kappa shape index (κ1) is 18.2. The predicted octanol–water partition coefficient (Wildman–Crippen LogP) is 3.09. The molecule has 2 saturated heterocycles. The normalized spacial score (nSPS) is 28.1. The number of sulfonamides is 1. The van der Waals surface area contributed by atoms with Crippen LogP contribution in [0.3, 0.4) is 0 Å². The van der Waals surface area contributed by atoms with Gasteiger partial charge in [-0.25, -0.2) is 8.42 Å². The Bertz CT molecular complexity index is 944. The number of halogens is 1. The molecule has 2 aromatic rings. The van der Waals surface area contributed by atoms with Gasteiger partial charge in [0.25, 0.3) is 0 Å². The molecule has 1 aromatic heterocycles. The van der Waals surface area contributed by atoms with E-state index < -0.39 is 21.5 Å². The van der Waals surface area contributed by atoms with Crippen molar-refractivity contribution in [2.45, 2.75) is 51.3 Å². The summed E-state index contributed by atoms with van der Waals surface area (Å²) in [7, 11) is -3.15. The number of fused-ring (bicyclic) bond motifs is 3. The molecule has 6 nitrogen and oxygen atoms in total. The van der Waals surface area contributed by atoms with Crippen LogP contribution in [0.2, 0.25) is 5.02 Å². The van der Waals surface area contributed by atoms with Crippen molar-refractivity contribution in [3.05, 3.63) is 28.9 Å². The summed E-state index contributed by atoms with van der Waals surface area (Å²) < 4.78 is 25.5. The van der Waals surface area contributed by atoms with E-state index >= 15 is 0 Å². The maximum absolute atomic E-state index is 11.9. The van der Waals surface area contributed by atoms with Crippen LogP contribution in [0.1, 0.15) is 44.8 Å². The number of aromatic nitrogens is 2. The van der Waals surface area contributed by atoms with Gasteiger partial charge in [-0.1, -0.05) is 25.4 Å². The van der Waals surface area contributed by atoms with Crippen LogP contribution in [0.15, 0.2) is 18.3 Å². The minimum absolute atomic E-state index is 0.0618. The van der Waals surface area contributed by atoms with E-state index in [9.17, 15) is 13.5 Å². The minimum atomic E-state index is -3.15. The number of aliphatic hydroxyl groups excluding tert-OH is 1. The van der Waals surface area contributed by atoms with Gasteiger partial charge < -0.3 is 5.11 Å². The zero-order chi connectivity index (χ0) is 18.9. The summed E-state index contributed by atoms with van der Waals surface area (Å²) >= 11 is 6.23.